The number of carbonyl (C=O) groups excluding carboxylic acids is 1. The monoisotopic (exact) mass is 431 g/mol. The van der Waals surface area contributed by atoms with Crippen LogP contribution in [0.3, 0.4) is 0 Å². The Labute approximate surface area is 166 Å². The highest BCUT2D eigenvalue weighted by atomic mass is 35.5. The van der Waals surface area contributed by atoms with Crippen molar-refractivity contribution < 1.29 is 23.1 Å². The second-order valence-corrected chi connectivity index (χ2v) is 7.37. The van der Waals surface area contributed by atoms with Crippen LogP contribution in [0.2, 0.25) is 10.0 Å². The molecule has 0 fully saturated rings. The largest absolute Gasteiger partial charge is 0.506 e. The number of aromatic hydroxyl groups is 1. The normalized spacial score (nSPS) is 11.6. The second kappa shape index (κ2) is 7.50. The van der Waals surface area contributed by atoms with Crippen LogP contribution in [0.25, 0.3) is 10.8 Å². The molecule has 27 heavy (non-hydrogen) atoms. The van der Waals surface area contributed by atoms with E-state index < -0.39 is 11.4 Å². The molecule has 1 amide bonds. The molecule has 3 nitrogen and oxygen atoms in total. The van der Waals surface area contributed by atoms with Crippen LogP contribution in [-0.2, 0) is 0 Å². The first-order valence-corrected chi connectivity index (χ1v) is 9.00. The minimum atomic E-state index is -4.47. The third-order valence-electron chi connectivity index (χ3n) is 3.63. The number of fused-ring (bicyclic) bond motifs is 1. The van der Waals surface area contributed by atoms with Crippen LogP contribution < -0.4 is 5.32 Å². The number of alkyl halides is 3. The molecule has 9 heteroatoms. The van der Waals surface area contributed by atoms with Crippen molar-refractivity contribution in [2.45, 2.75) is 10.4 Å². The van der Waals surface area contributed by atoms with E-state index >= 15 is 0 Å². The number of hydrogen-bond donors (Lipinski definition) is 2. The van der Waals surface area contributed by atoms with E-state index in [4.69, 9.17) is 23.2 Å². The lowest BCUT2D eigenvalue weighted by Gasteiger charge is -2.12. The number of phenolic OH excluding ortho intramolecular Hbond substituents is 1. The van der Waals surface area contributed by atoms with Gasteiger partial charge in [0.2, 0.25) is 0 Å². The first-order valence-electron chi connectivity index (χ1n) is 7.42. The average molecular weight is 432 g/mol. The second-order valence-electron chi connectivity index (χ2n) is 5.45. The molecular weight excluding hydrogens is 422 g/mol. The van der Waals surface area contributed by atoms with Crippen LogP contribution in [0.15, 0.2) is 53.4 Å². The smallest absolute Gasteiger partial charge is 0.446 e. The molecule has 0 heterocycles. The number of anilines is 1. The molecule has 140 valence electrons. The SMILES string of the molecule is O=C(Nc1ccc(SC(F)(F)F)c(Cl)c1)c1cc(Cl)c2ccccc2c1O. The Morgan fingerprint density at radius 3 is 2.30 bits per heavy atom. The van der Waals surface area contributed by atoms with Gasteiger partial charge in [-0.1, -0.05) is 47.5 Å². The van der Waals surface area contributed by atoms with Gasteiger partial charge in [0.05, 0.1) is 10.6 Å². The Kier molecular flexibility index (Phi) is 5.46. The third kappa shape index (κ3) is 4.43. The summed E-state index contributed by atoms with van der Waals surface area (Å²) >= 11 is 11.7. The molecule has 0 bridgehead atoms. The summed E-state index contributed by atoms with van der Waals surface area (Å²) in [7, 11) is 0. The predicted octanol–water partition coefficient (Wildman–Crippen LogP) is 6.72. The molecule has 0 spiro atoms. The van der Waals surface area contributed by atoms with E-state index in [1.807, 2.05) is 0 Å². The Morgan fingerprint density at radius 1 is 1.00 bits per heavy atom. The standard InChI is InChI=1S/C18H10Cl2F3NO2S/c19-13-8-12(16(25)11-4-2-1-3-10(11)13)17(26)24-9-5-6-15(14(20)7-9)27-18(21,22)23/h1-8,25H,(H,24,26). The molecule has 0 aliphatic heterocycles. The molecule has 3 aromatic carbocycles. The van der Waals surface area contributed by atoms with Crippen LogP contribution in [0.4, 0.5) is 18.9 Å². The van der Waals surface area contributed by atoms with Crippen LogP contribution in [-0.4, -0.2) is 16.5 Å². The summed E-state index contributed by atoms with van der Waals surface area (Å²) in [6.07, 6.45) is 0. The highest BCUT2D eigenvalue weighted by molar-refractivity contribution is 8.00. The summed E-state index contributed by atoms with van der Waals surface area (Å²) < 4.78 is 37.4. The minimum absolute atomic E-state index is 0.0661. The summed E-state index contributed by atoms with van der Waals surface area (Å²) in [5, 5.41) is 14.0. The third-order valence-corrected chi connectivity index (χ3v) is 5.17. The van der Waals surface area contributed by atoms with Gasteiger partial charge in [-0.05, 0) is 36.0 Å². The lowest BCUT2D eigenvalue weighted by Crippen LogP contribution is -2.12. The first kappa shape index (κ1) is 19.7. The van der Waals surface area contributed by atoms with Crippen molar-refractivity contribution in [3.8, 4) is 5.75 Å². The number of benzene rings is 3. The van der Waals surface area contributed by atoms with Crippen LogP contribution >= 0.6 is 35.0 Å². The van der Waals surface area contributed by atoms with E-state index in [9.17, 15) is 23.1 Å². The summed E-state index contributed by atoms with van der Waals surface area (Å²) in [6.45, 7) is 0. The molecule has 2 N–H and O–H groups in total. The van der Waals surface area contributed by atoms with Gasteiger partial charge in [-0.2, -0.15) is 13.2 Å². The summed E-state index contributed by atoms with van der Waals surface area (Å²) in [5.74, 6) is -0.921. The van der Waals surface area contributed by atoms with Crippen LogP contribution in [0.1, 0.15) is 10.4 Å². The molecule has 0 atom stereocenters. The van der Waals surface area contributed by atoms with Gasteiger partial charge in [-0.25, -0.2) is 0 Å². The highest BCUT2D eigenvalue weighted by Crippen LogP contribution is 2.41. The quantitative estimate of drug-likeness (QED) is 0.452. The van der Waals surface area contributed by atoms with Gasteiger partial charge in [-0.15, -0.1) is 0 Å². The molecule has 3 rings (SSSR count). The maximum absolute atomic E-state index is 12.5. The Balaban J connectivity index is 1.89. The van der Waals surface area contributed by atoms with Crippen molar-refractivity contribution in [2.24, 2.45) is 0 Å². The molecule has 0 saturated carbocycles. The number of halogens is 5. The molecule has 0 aliphatic carbocycles. The topological polar surface area (TPSA) is 49.3 Å². The summed E-state index contributed by atoms with van der Waals surface area (Å²) in [6, 6.07) is 11.7. The van der Waals surface area contributed by atoms with E-state index in [0.29, 0.717) is 10.8 Å². The lowest BCUT2D eigenvalue weighted by atomic mass is 10.0. The Hall–Kier alpha value is -2.09. The van der Waals surface area contributed by atoms with Crippen molar-refractivity contribution in [3.05, 3.63) is 64.1 Å². The van der Waals surface area contributed by atoms with Gasteiger partial charge < -0.3 is 10.4 Å². The fourth-order valence-electron chi connectivity index (χ4n) is 2.47. The van der Waals surface area contributed by atoms with E-state index in [1.54, 1.807) is 24.3 Å². The fraction of sp³-hybridized carbons (Fsp3) is 0.0556. The maximum Gasteiger partial charge on any atom is 0.446 e. The van der Waals surface area contributed by atoms with E-state index in [2.05, 4.69) is 5.32 Å². The van der Waals surface area contributed by atoms with Crippen LogP contribution in [0, 0.1) is 0 Å². The average Bonchev–Trinajstić information content (AvgIpc) is 2.59. The van der Waals surface area contributed by atoms with Gasteiger partial charge in [0.25, 0.3) is 5.91 Å². The molecule has 0 unspecified atom stereocenters. The van der Waals surface area contributed by atoms with Crippen molar-refractivity contribution in [3.63, 3.8) is 0 Å². The number of nitrogens with one attached hydrogen (secondary N) is 1. The van der Waals surface area contributed by atoms with Gasteiger partial charge in [-0.3, -0.25) is 4.79 Å². The van der Waals surface area contributed by atoms with E-state index in [0.717, 1.165) is 6.07 Å². The summed E-state index contributed by atoms with van der Waals surface area (Å²) in [4.78, 5) is 12.3. The van der Waals surface area contributed by atoms with Crippen molar-refractivity contribution in [1.29, 1.82) is 0 Å². The number of carbonyl (C=O) groups is 1. The molecule has 0 saturated heterocycles. The number of rotatable bonds is 3. The zero-order valence-electron chi connectivity index (χ0n) is 13.3. The molecular formula is C18H10Cl2F3NO2S. The maximum atomic E-state index is 12.5. The molecule has 0 aliphatic rings. The summed E-state index contributed by atoms with van der Waals surface area (Å²) in [5.41, 5.74) is -4.36. The Morgan fingerprint density at radius 2 is 1.67 bits per heavy atom. The number of thioether (sulfide) groups is 1. The first-order chi connectivity index (χ1) is 12.7. The van der Waals surface area contributed by atoms with E-state index in [-0.39, 0.29) is 43.7 Å². The van der Waals surface area contributed by atoms with Crippen LogP contribution in [0.5, 0.6) is 5.75 Å². The van der Waals surface area contributed by atoms with E-state index in [1.165, 1.54) is 18.2 Å². The van der Waals surface area contributed by atoms with Gasteiger partial charge in [0.15, 0.2) is 0 Å². The van der Waals surface area contributed by atoms with Gasteiger partial charge in [0, 0.05) is 26.4 Å². The van der Waals surface area contributed by atoms with Crippen molar-refractivity contribution >= 4 is 57.3 Å². The fourth-order valence-corrected chi connectivity index (χ4v) is 3.59. The Bertz CT molecular complexity index is 1040. The molecule has 0 aromatic heterocycles. The minimum Gasteiger partial charge on any atom is -0.506 e. The lowest BCUT2D eigenvalue weighted by molar-refractivity contribution is -0.0328. The molecule has 0 radical (unpaired) electrons. The predicted molar refractivity (Wildman–Crippen MR) is 102 cm³/mol. The van der Waals surface area contributed by atoms with Gasteiger partial charge >= 0.3 is 5.51 Å². The number of phenols is 1. The zero-order chi connectivity index (χ0) is 19.8. The van der Waals surface area contributed by atoms with Crippen molar-refractivity contribution in [2.75, 3.05) is 5.32 Å². The molecule has 3 aromatic rings. The number of hydrogen-bond acceptors (Lipinski definition) is 3. The highest BCUT2D eigenvalue weighted by Gasteiger charge is 2.30. The number of amides is 1. The zero-order valence-corrected chi connectivity index (χ0v) is 15.6. The van der Waals surface area contributed by atoms with Gasteiger partial charge in [0.1, 0.15) is 5.75 Å². The van der Waals surface area contributed by atoms with Crippen molar-refractivity contribution in [1.82, 2.24) is 0 Å².